The van der Waals surface area contributed by atoms with Crippen molar-refractivity contribution in [1.29, 1.82) is 0 Å². The maximum absolute atomic E-state index is 13.1. The van der Waals surface area contributed by atoms with Gasteiger partial charge in [-0.2, -0.15) is 9.40 Å². The fourth-order valence-electron chi connectivity index (χ4n) is 3.59. The van der Waals surface area contributed by atoms with E-state index in [-0.39, 0.29) is 17.6 Å². The summed E-state index contributed by atoms with van der Waals surface area (Å²) < 4.78 is 34.6. The SMILES string of the molecule is Cn1cc(C(N)=O)c([C@@H]2CCCN(S(=O)(=O)c3cc4ccccc4o3)C2)n1. The lowest BCUT2D eigenvalue weighted by Gasteiger charge is -2.30. The number of nitrogens with two attached hydrogens (primary N) is 1. The third-order valence-corrected chi connectivity index (χ3v) is 6.61. The Morgan fingerprint density at radius 3 is 2.85 bits per heavy atom. The molecule has 1 atom stereocenters. The van der Waals surface area contributed by atoms with Crippen molar-refractivity contribution in [2.45, 2.75) is 23.9 Å². The van der Waals surface area contributed by atoms with Crippen LogP contribution in [0.4, 0.5) is 0 Å². The van der Waals surface area contributed by atoms with E-state index in [2.05, 4.69) is 5.10 Å². The van der Waals surface area contributed by atoms with Crippen LogP contribution in [0.1, 0.15) is 34.8 Å². The number of carbonyl (C=O) groups excluding carboxylic acids is 1. The predicted octanol–water partition coefficient (Wildman–Crippen LogP) is 1.83. The Hall–Kier alpha value is -2.65. The number of para-hydroxylation sites is 1. The number of primary amides is 1. The number of hydrogen-bond donors (Lipinski definition) is 1. The van der Waals surface area contributed by atoms with Gasteiger partial charge in [0.1, 0.15) is 5.58 Å². The van der Waals surface area contributed by atoms with Gasteiger partial charge in [-0.05, 0) is 18.9 Å². The largest absolute Gasteiger partial charge is 0.443 e. The molecule has 8 nitrogen and oxygen atoms in total. The van der Waals surface area contributed by atoms with Gasteiger partial charge in [0.15, 0.2) is 0 Å². The van der Waals surface area contributed by atoms with E-state index in [1.807, 2.05) is 12.1 Å². The highest BCUT2D eigenvalue weighted by Gasteiger charge is 2.35. The van der Waals surface area contributed by atoms with Gasteiger partial charge in [-0.3, -0.25) is 9.48 Å². The van der Waals surface area contributed by atoms with Gasteiger partial charge < -0.3 is 10.2 Å². The number of aryl methyl sites for hydroxylation is 1. The van der Waals surface area contributed by atoms with Gasteiger partial charge in [-0.15, -0.1) is 0 Å². The van der Waals surface area contributed by atoms with Gasteiger partial charge in [0.05, 0.1) is 11.3 Å². The molecule has 1 fully saturated rings. The molecule has 4 rings (SSSR count). The third-order valence-electron chi connectivity index (χ3n) is 4.89. The van der Waals surface area contributed by atoms with Crippen LogP contribution in [0.25, 0.3) is 11.0 Å². The van der Waals surface area contributed by atoms with E-state index in [1.165, 1.54) is 8.99 Å². The normalized spacial score (nSPS) is 18.8. The van der Waals surface area contributed by atoms with Gasteiger partial charge in [0, 0.05) is 43.7 Å². The summed E-state index contributed by atoms with van der Waals surface area (Å²) in [6.45, 7) is 0.630. The molecule has 142 valence electrons. The van der Waals surface area contributed by atoms with E-state index < -0.39 is 15.9 Å². The van der Waals surface area contributed by atoms with Crippen molar-refractivity contribution < 1.29 is 17.6 Å². The summed E-state index contributed by atoms with van der Waals surface area (Å²) in [7, 11) is -2.07. The van der Waals surface area contributed by atoms with E-state index in [0.717, 1.165) is 11.8 Å². The first kappa shape index (κ1) is 17.7. The second-order valence-electron chi connectivity index (χ2n) is 6.77. The first-order valence-corrected chi connectivity index (χ1v) is 10.1. The summed E-state index contributed by atoms with van der Waals surface area (Å²) in [6, 6.07) is 8.72. The van der Waals surface area contributed by atoms with Gasteiger partial charge in [-0.25, -0.2) is 8.42 Å². The molecule has 1 aromatic carbocycles. The van der Waals surface area contributed by atoms with Crippen LogP contribution in [-0.2, 0) is 17.1 Å². The molecule has 1 saturated heterocycles. The van der Waals surface area contributed by atoms with E-state index in [0.29, 0.717) is 29.8 Å². The maximum atomic E-state index is 13.1. The Labute approximate surface area is 156 Å². The number of hydrogen-bond acceptors (Lipinski definition) is 5. The lowest BCUT2D eigenvalue weighted by molar-refractivity contribution is 0.0998. The van der Waals surface area contributed by atoms with Crippen molar-refractivity contribution in [2.24, 2.45) is 12.8 Å². The first-order valence-electron chi connectivity index (χ1n) is 8.68. The molecule has 1 aliphatic rings. The van der Waals surface area contributed by atoms with Crippen molar-refractivity contribution in [3.63, 3.8) is 0 Å². The highest BCUT2D eigenvalue weighted by atomic mass is 32.2. The zero-order valence-corrected chi connectivity index (χ0v) is 15.6. The molecule has 0 aliphatic carbocycles. The Bertz CT molecular complexity index is 1080. The molecule has 2 aromatic heterocycles. The molecule has 1 amide bonds. The average Bonchev–Trinajstić information content (AvgIpc) is 3.26. The van der Waals surface area contributed by atoms with Crippen LogP contribution in [0.2, 0.25) is 0 Å². The van der Waals surface area contributed by atoms with Crippen LogP contribution in [0, 0.1) is 0 Å². The van der Waals surface area contributed by atoms with Crippen molar-refractivity contribution in [3.05, 3.63) is 47.8 Å². The number of amides is 1. The highest BCUT2D eigenvalue weighted by Crippen LogP contribution is 2.32. The van der Waals surface area contributed by atoms with Gasteiger partial charge in [0.2, 0.25) is 5.09 Å². The summed E-state index contributed by atoms with van der Waals surface area (Å²) in [4.78, 5) is 11.7. The lowest BCUT2D eigenvalue weighted by Crippen LogP contribution is -2.39. The number of benzene rings is 1. The van der Waals surface area contributed by atoms with Crippen LogP contribution < -0.4 is 5.73 Å². The summed E-state index contributed by atoms with van der Waals surface area (Å²) >= 11 is 0. The highest BCUT2D eigenvalue weighted by molar-refractivity contribution is 7.89. The summed E-state index contributed by atoms with van der Waals surface area (Å²) in [6.07, 6.45) is 2.98. The Kier molecular flexibility index (Phi) is 4.27. The van der Waals surface area contributed by atoms with Crippen LogP contribution in [0.5, 0.6) is 0 Å². The van der Waals surface area contributed by atoms with E-state index in [9.17, 15) is 13.2 Å². The second-order valence-corrected chi connectivity index (χ2v) is 8.64. The predicted molar refractivity (Wildman–Crippen MR) is 98.7 cm³/mol. The van der Waals surface area contributed by atoms with Crippen molar-refractivity contribution in [3.8, 4) is 0 Å². The standard InChI is InChI=1S/C18H20N4O4S/c1-21-11-14(18(19)23)17(20-21)13-6-4-8-22(10-13)27(24,25)16-9-12-5-2-3-7-15(12)26-16/h2-3,5,7,9,11,13H,4,6,8,10H2,1H3,(H2,19,23)/t13-/m1/s1. The first-order chi connectivity index (χ1) is 12.9. The Balaban J connectivity index is 1.65. The Morgan fingerprint density at radius 1 is 1.33 bits per heavy atom. The lowest BCUT2D eigenvalue weighted by atomic mass is 9.93. The number of nitrogens with zero attached hydrogens (tertiary/aromatic N) is 3. The quantitative estimate of drug-likeness (QED) is 0.733. The molecule has 3 heterocycles. The minimum Gasteiger partial charge on any atom is -0.443 e. The monoisotopic (exact) mass is 388 g/mol. The van der Waals surface area contributed by atoms with Crippen molar-refractivity contribution in [2.75, 3.05) is 13.1 Å². The molecule has 0 radical (unpaired) electrons. The zero-order chi connectivity index (χ0) is 19.2. The van der Waals surface area contributed by atoms with Gasteiger partial charge in [-0.1, -0.05) is 18.2 Å². The van der Waals surface area contributed by atoms with Crippen LogP contribution in [-0.4, -0.2) is 41.5 Å². The molecule has 2 N–H and O–H groups in total. The number of aromatic nitrogens is 2. The number of carbonyl (C=O) groups is 1. The molecular formula is C18H20N4O4S. The van der Waals surface area contributed by atoms with Crippen LogP contribution in [0.15, 0.2) is 46.0 Å². The minimum atomic E-state index is -3.78. The molecule has 0 unspecified atom stereocenters. The van der Waals surface area contributed by atoms with E-state index >= 15 is 0 Å². The van der Waals surface area contributed by atoms with Crippen molar-refractivity contribution >= 4 is 26.9 Å². The number of sulfonamides is 1. The number of furan rings is 1. The zero-order valence-electron chi connectivity index (χ0n) is 14.8. The smallest absolute Gasteiger partial charge is 0.276 e. The van der Waals surface area contributed by atoms with Gasteiger partial charge in [0.25, 0.3) is 15.9 Å². The molecule has 9 heteroatoms. The molecular weight excluding hydrogens is 368 g/mol. The fourth-order valence-corrected chi connectivity index (χ4v) is 5.06. The summed E-state index contributed by atoms with van der Waals surface area (Å²) in [5, 5.41) is 5.02. The summed E-state index contributed by atoms with van der Waals surface area (Å²) in [5.41, 5.74) is 6.87. The number of piperidine rings is 1. The summed E-state index contributed by atoms with van der Waals surface area (Å²) in [5.74, 6) is -0.753. The third kappa shape index (κ3) is 3.13. The second kappa shape index (κ2) is 6.50. The van der Waals surface area contributed by atoms with Crippen LogP contribution in [0.3, 0.4) is 0 Å². The molecule has 0 spiro atoms. The molecule has 0 saturated carbocycles. The van der Waals surface area contributed by atoms with Crippen LogP contribution >= 0.6 is 0 Å². The van der Waals surface area contributed by atoms with E-state index in [4.69, 9.17) is 10.2 Å². The fraction of sp³-hybridized carbons (Fsp3) is 0.333. The molecule has 27 heavy (non-hydrogen) atoms. The average molecular weight is 388 g/mol. The van der Waals surface area contributed by atoms with Gasteiger partial charge >= 0.3 is 0 Å². The topological polar surface area (TPSA) is 111 Å². The molecule has 3 aromatic rings. The molecule has 1 aliphatic heterocycles. The molecule has 0 bridgehead atoms. The number of rotatable bonds is 4. The number of fused-ring (bicyclic) bond motifs is 1. The Morgan fingerprint density at radius 2 is 2.11 bits per heavy atom. The van der Waals surface area contributed by atoms with Crippen molar-refractivity contribution in [1.82, 2.24) is 14.1 Å². The maximum Gasteiger partial charge on any atom is 0.276 e. The van der Waals surface area contributed by atoms with E-state index in [1.54, 1.807) is 31.4 Å². The minimum absolute atomic E-state index is 0.0690.